The standard InChI is InChI=1S/C15H28/c1-14(2,3)13-9-8-12-15(13)10-6-4-5-7-11-15/h13H,4-12H2,1-3H3. The van der Waals surface area contributed by atoms with Crippen molar-refractivity contribution < 1.29 is 0 Å². The predicted octanol–water partition coefficient (Wildman–Crippen LogP) is 5.17. The summed E-state index contributed by atoms with van der Waals surface area (Å²) >= 11 is 0. The molecule has 0 aromatic heterocycles. The molecule has 2 rings (SSSR count). The lowest BCUT2D eigenvalue weighted by Crippen LogP contribution is -2.34. The molecule has 0 aromatic rings. The third-order valence-corrected chi connectivity index (χ3v) is 5.05. The molecule has 2 aliphatic rings. The van der Waals surface area contributed by atoms with Crippen LogP contribution in [0.1, 0.15) is 78.6 Å². The molecule has 0 radical (unpaired) electrons. The minimum atomic E-state index is 0.543. The van der Waals surface area contributed by atoms with Crippen molar-refractivity contribution in [2.75, 3.05) is 0 Å². The van der Waals surface area contributed by atoms with Crippen LogP contribution in [0.3, 0.4) is 0 Å². The van der Waals surface area contributed by atoms with Crippen LogP contribution in [0.2, 0.25) is 0 Å². The molecule has 2 fully saturated rings. The Labute approximate surface area is 95.8 Å². The zero-order valence-corrected chi connectivity index (χ0v) is 10.9. The van der Waals surface area contributed by atoms with Gasteiger partial charge < -0.3 is 0 Å². The molecule has 0 N–H and O–H groups in total. The topological polar surface area (TPSA) is 0 Å². The van der Waals surface area contributed by atoms with E-state index >= 15 is 0 Å². The van der Waals surface area contributed by atoms with Gasteiger partial charge in [0.15, 0.2) is 0 Å². The van der Waals surface area contributed by atoms with E-state index in [-0.39, 0.29) is 0 Å². The first-order valence-corrected chi connectivity index (χ1v) is 7.05. The Morgan fingerprint density at radius 2 is 1.33 bits per heavy atom. The van der Waals surface area contributed by atoms with Gasteiger partial charge in [-0.05, 0) is 42.4 Å². The molecule has 0 aromatic carbocycles. The van der Waals surface area contributed by atoms with E-state index in [1.54, 1.807) is 0 Å². The Morgan fingerprint density at radius 3 is 1.87 bits per heavy atom. The summed E-state index contributed by atoms with van der Waals surface area (Å²) in [5, 5.41) is 0. The van der Waals surface area contributed by atoms with Gasteiger partial charge in [-0.1, -0.05) is 52.9 Å². The average molecular weight is 208 g/mol. The van der Waals surface area contributed by atoms with Gasteiger partial charge in [-0.15, -0.1) is 0 Å². The molecule has 1 atom stereocenters. The lowest BCUT2D eigenvalue weighted by molar-refractivity contribution is 0.0708. The highest BCUT2D eigenvalue weighted by atomic mass is 14.5. The third kappa shape index (κ3) is 2.24. The van der Waals surface area contributed by atoms with Crippen molar-refractivity contribution >= 4 is 0 Å². The van der Waals surface area contributed by atoms with Crippen molar-refractivity contribution in [2.24, 2.45) is 16.7 Å². The van der Waals surface area contributed by atoms with Gasteiger partial charge in [0.2, 0.25) is 0 Å². The zero-order chi connectivity index (χ0) is 10.9. The maximum Gasteiger partial charge on any atom is -0.0264 e. The molecule has 0 nitrogen and oxygen atoms in total. The summed E-state index contributed by atoms with van der Waals surface area (Å²) in [5.41, 5.74) is 1.30. The molecule has 1 spiro atoms. The smallest absolute Gasteiger partial charge is 0.0264 e. The Bertz CT molecular complexity index is 201. The predicted molar refractivity (Wildman–Crippen MR) is 66.9 cm³/mol. The van der Waals surface area contributed by atoms with Crippen molar-refractivity contribution in [3.63, 3.8) is 0 Å². The van der Waals surface area contributed by atoms with Crippen LogP contribution in [0, 0.1) is 16.7 Å². The van der Waals surface area contributed by atoms with Crippen LogP contribution in [0.4, 0.5) is 0 Å². The van der Waals surface area contributed by atoms with Crippen LogP contribution in [-0.4, -0.2) is 0 Å². The second-order valence-electron chi connectivity index (χ2n) is 7.09. The van der Waals surface area contributed by atoms with Crippen molar-refractivity contribution in [3.05, 3.63) is 0 Å². The zero-order valence-electron chi connectivity index (χ0n) is 10.9. The normalized spacial score (nSPS) is 31.8. The summed E-state index contributed by atoms with van der Waals surface area (Å²) < 4.78 is 0. The highest BCUT2D eigenvalue weighted by molar-refractivity contribution is 4.97. The fourth-order valence-electron chi connectivity index (χ4n) is 4.52. The van der Waals surface area contributed by atoms with E-state index < -0.39 is 0 Å². The van der Waals surface area contributed by atoms with Gasteiger partial charge in [-0.2, -0.15) is 0 Å². The van der Waals surface area contributed by atoms with E-state index in [1.165, 1.54) is 57.8 Å². The van der Waals surface area contributed by atoms with Crippen molar-refractivity contribution in [1.82, 2.24) is 0 Å². The highest BCUT2D eigenvalue weighted by Crippen LogP contribution is 2.57. The monoisotopic (exact) mass is 208 g/mol. The lowest BCUT2D eigenvalue weighted by atomic mass is 9.62. The maximum atomic E-state index is 2.47. The number of hydrogen-bond acceptors (Lipinski definition) is 0. The molecular formula is C15H28. The molecule has 1 unspecified atom stereocenters. The Morgan fingerprint density at radius 1 is 0.800 bits per heavy atom. The Balaban J connectivity index is 2.16. The van der Waals surface area contributed by atoms with Gasteiger partial charge >= 0.3 is 0 Å². The second kappa shape index (κ2) is 4.11. The van der Waals surface area contributed by atoms with Crippen molar-refractivity contribution in [2.45, 2.75) is 78.6 Å². The molecule has 0 aliphatic heterocycles. The molecule has 0 heteroatoms. The van der Waals surface area contributed by atoms with Crippen LogP contribution in [0.15, 0.2) is 0 Å². The molecule has 15 heavy (non-hydrogen) atoms. The summed E-state index contributed by atoms with van der Waals surface area (Å²) in [7, 11) is 0. The summed E-state index contributed by atoms with van der Waals surface area (Å²) in [6.07, 6.45) is 13.6. The molecule has 2 saturated carbocycles. The first kappa shape index (κ1) is 11.5. The highest BCUT2D eigenvalue weighted by Gasteiger charge is 2.47. The summed E-state index contributed by atoms with van der Waals surface area (Å²) in [5.74, 6) is 1.00. The van der Waals surface area contributed by atoms with E-state index in [9.17, 15) is 0 Å². The van der Waals surface area contributed by atoms with Gasteiger partial charge in [0.05, 0.1) is 0 Å². The first-order valence-electron chi connectivity index (χ1n) is 7.05. The average Bonchev–Trinajstić information content (AvgIpc) is 2.39. The van der Waals surface area contributed by atoms with Gasteiger partial charge in [-0.3, -0.25) is 0 Å². The lowest BCUT2D eigenvalue weighted by Gasteiger charge is -2.42. The maximum absolute atomic E-state index is 2.47. The fourth-order valence-corrected chi connectivity index (χ4v) is 4.52. The van der Waals surface area contributed by atoms with E-state index in [4.69, 9.17) is 0 Å². The van der Waals surface area contributed by atoms with Crippen LogP contribution >= 0.6 is 0 Å². The van der Waals surface area contributed by atoms with E-state index in [2.05, 4.69) is 20.8 Å². The van der Waals surface area contributed by atoms with Gasteiger partial charge in [0.25, 0.3) is 0 Å². The van der Waals surface area contributed by atoms with Gasteiger partial charge in [-0.25, -0.2) is 0 Å². The van der Waals surface area contributed by atoms with Gasteiger partial charge in [0.1, 0.15) is 0 Å². The van der Waals surface area contributed by atoms with E-state index in [0.717, 1.165) is 11.3 Å². The van der Waals surface area contributed by atoms with Crippen molar-refractivity contribution in [3.8, 4) is 0 Å². The minimum Gasteiger partial charge on any atom is -0.0599 e. The Hall–Kier alpha value is 0. The minimum absolute atomic E-state index is 0.543. The quantitative estimate of drug-likeness (QED) is 0.515. The van der Waals surface area contributed by atoms with Crippen LogP contribution in [-0.2, 0) is 0 Å². The summed E-state index contributed by atoms with van der Waals surface area (Å²) in [6.45, 7) is 7.40. The molecule has 0 bridgehead atoms. The van der Waals surface area contributed by atoms with Crippen LogP contribution in [0.25, 0.3) is 0 Å². The molecule has 2 aliphatic carbocycles. The molecule has 0 saturated heterocycles. The molecule has 88 valence electrons. The largest absolute Gasteiger partial charge is 0.0599 e. The third-order valence-electron chi connectivity index (χ3n) is 5.05. The molecular weight excluding hydrogens is 180 g/mol. The number of hydrogen-bond donors (Lipinski definition) is 0. The summed E-state index contributed by atoms with van der Waals surface area (Å²) in [4.78, 5) is 0. The van der Waals surface area contributed by atoms with E-state index in [0.29, 0.717) is 5.41 Å². The molecule has 0 amide bonds. The summed E-state index contributed by atoms with van der Waals surface area (Å²) in [6, 6.07) is 0. The van der Waals surface area contributed by atoms with Crippen LogP contribution in [0.5, 0.6) is 0 Å². The van der Waals surface area contributed by atoms with Crippen LogP contribution < -0.4 is 0 Å². The van der Waals surface area contributed by atoms with E-state index in [1.807, 2.05) is 0 Å². The number of rotatable bonds is 0. The van der Waals surface area contributed by atoms with Crippen molar-refractivity contribution in [1.29, 1.82) is 0 Å². The second-order valence-corrected chi connectivity index (χ2v) is 7.09. The molecule has 0 heterocycles. The van der Waals surface area contributed by atoms with Gasteiger partial charge in [0, 0.05) is 0 Å². The SMILES string of the molecule is CC(C)(C)C1CCCC12CCCCCC2. The fraction of sp³-hybridized carbons (Fsp3) is 1.00. The Kier molecular flexibility index (Phi) is 3.14. The first-order chi connectivity index (χ1) is 7.05.